The van der Waals surface area contributed by atoms with Crippen LogP contribution in [-0.2, 0) is 32.7 Å². The summed E-state index contributed by atoms with van der Waals surface area (Å²) in [5, 5.41) is 0. The molecule has 2 unspecified atom stereocenters. The summed E-state index contributed by atoms with van der Waals surface area (Å²) in [6.45, 7) is 4.52. The van der Waals surface area contributed by atoms with Gasteiger partial charge in [-0.2, -0.15) is 0 Å². The van der Waals surface area contributed by atoms with Crippen LogP contribution in [0.2, 0.25) is 0 Å². The number of unbranched alkanes of at least 4 members (excludes halogenated alkanes) is 59. The number of phosphoric acid groups is 1. The van der Waals surface area contributed by atoms with E-state index in [4.69, 9.17) is 18.5 Å². The third kappa shape index (κ3) is 77.4. The second-order valence-electron chi connectivity index (χ2n) is 29.2. The number of hydrogen-bond acceptors (Lipinski definition) is 7. The molecule has 0 radical (unpaired) electrons. The number of phosphoric ester groups is 1. The zero-order valence-corrected chi connectivity index (χ0v) is 62.8. The SMILES string of the molecule is CCCCCCC/C=C\C/C=C\CCCCCCCCCCCCCCCCCCCCCCCCCC(=O)OC(COC(=O)CCCCCCCCCCCCCCCCCCCCCCCCCCCCCCCCCC)COP(=O)(O)OCC[N+](C)(C)C. The quantitative estimate of drug-likeness (QED) is 0.0211. The van der Waals surface area contributed by atoms with Gasteiger partial charge in [0, 0.05) is 12.8 Å². The lowest BCUT2D eigenvalue weighted by molar-refractivity contribution is -0.870. The van der Waals surface area contributed by atoms with Gasteiger partial charge in [-0.25, -0.2) is 4.57 Å². The molecule has 0 rings (SSSR count). The van der Waals surface area contributed by atoms with Crippen molar-refractivity contribution in [1.29, 1.82) is 0 Å². The van der Waals surface area contributed by atoms with Crippen LogP contribution >= 0.6 is 7.82 Å². The van der Waals surface area contributed by atoms with Gasteiger partial charge in [-0.1, -0.05) is 398 Å². The van der Waals surface area contributed by atoms with Crippen molar-refractivity contribution in [2.24, 2.45) is 0 Å². The van der Waals surface area contributed by atoms with Crippen LogP contribution in [0.25, 0.3) is 0 Å². The molecule has 0 aliphatic carbocycles. The largest absolute Gasteiger partial charge is 0.472 e. The lowest BCUT2D eigenvalue weighted by Gasteiger charge is -2.24. The number of ether oxygens (including phenoxy) is 2. The van der Waals surface area contributed by atoms with Gasteiger partial charge in [0.1, 0.15) is 19.8 Å². The predicted molar refractivity (Wildman–Crippen MR) is 395 cm³/mol. The Morgan fingerprint density at radius 3 is 0.868 bits per heavy atom. The van der Waals surface area contributed by atoms with E-state index >= 15 is 0 Å². The molecule has 91 heavy (non-hydrogen) atoms. The Morgan fingerprint density at radius 2 is 0.593 bits per heavy atom. The van der Waals surface area contributed by atoms with Gasteiger partial charge in [0.25, 0.3) is 0 Å². The monoisotopic (exact) mass is 1310 g/mol. The first-order valence-corrected chi connectivity index (χ1v) is 42.1. The topological polar surface area (TPSA) is 108 Å². The van der Waals surface area contributed by atoms with Crippen LogP contribution in [0, 0.1) is 0 Å². The number of quaternary nitrogens is 1. The molecule has 0 amide bonds. The third-order valence-electron chi connectivity index (χ3n) is 18.7. The van der Waals surface area contributed by atoms with Gasteiger partial charge < -0.3 is 18.9 Å². The molecule has 0 aromatic carbocycles. The van der Waals surface area contributed by atoms with Gasteiger partial charge in [0.05, 0.1) is 27.7 Å². The highest BCUT2D eigenvalue weighted by Gasteiger charge is 2.27. The number of esters is 2. The number of carbonyl (C=O) groups excluding carboxylic acids is 2. The maximum Gasteiger partial charge on any atom is 0.472 e. The van der Waals surface area contributed by atoms with Crippen LogP contribution in [0.15, 0.2) is 24.3 Å². The highest BCUT2D eigenvalue weighted by atomic mass is 31.2. The van der Waals surface area contributed by atoms with E-state index in [0.29, 0.717) is 17.4 Å². The van der Waals surface area contributed by atoms with Crippen molar-refractivity contribution in [2.45, 2.75) is 437 Å². The molecule has 0 fully saturated rings. The van der Waals surface area contributed by atoms with Gasteiger partial charge in [0.15, 0.2) is 6.10 Å². The minimum Gasteiger partial charge on any atom is -0.462 e. The van der Waals surface area contributed by atoms with Crippen LogP contribution in [0.5, 0.6) is 0 Å². The minimum atomic E-state index is -4.39. The summed E-state index contributed by atoms with van der Waals surface area (Å²) in [5.74, 6) is -0.768. The Balaban J connectivity index is 3.89. The molecule has 0 aliphatic rings. The molecule has 0 aromatic heterocycles. The number of carbonyl (C=O) groups is 2. The van der Waals surface area contributed by atoms with Gasteiger partial charge in [-0.3, -0.25) is 18.6 Å². The van der Waals surface area contributed by atoms with Crippen LogP contribution in [0.3, 0.4) is 0 Å². The molecule has 0 bridgehead atoms. The Bertz CT molecular complexity index is 1580. The van der Waals surface area contributed by atoms with Crippen molar-refractivity contribution in [1.82, 2.24) is 0 Å². The van der Waals surface area contributed by atoms with E-state index < -0.39 is 26.5 Å². The second-order valence-corrected chi connectivity index (χ2v) is 30.6. The van der Waals surface area contributed by atoms with E-state index in [9.17, 15) is 19.0 Å². The van der Waals surface area contributed by atoms with Gasteiger partial charge in [-0.05, 0) is 44.9 Å². The normalized spacial score (nSPS) is 13.1. The van der Waals surface area contributed by atoms with Gasteiger partial charge in [-0.15, -0.1) is 0 Å². The van der Waals surface area contributed by atoms with Crippen molar-refractivity contribution < 1.29 is 42.1 Å². The number of nitrogens with zero attached hydrogens (tertiary/aromatic N) is 1. The van der Waals surface area contributed by atoms with Crippen LogP contribution in [-0.4, -0.2) is 74.9 Å². The summed E-state index contributed by atoms with van der Waals surface area (Å²) in [6.07, 6.45) is 93.4. The summed E-state index contributed by atoms with van der Waals surface area (Å²) in [7, 11) is 1.51. The zero-order chi connectivity index (χ0) is 66.2. The highest BCUT2D eigenvalue weighted by molar-refractivity contribution is 7.47. The minimum absolute atomic E-state index is 0.0363. The Kier molecular flexibility index (Phi) is 71.5. The summed E-state index contributed by atoms with van der Waals surface area (Å²) in [5.41, 5.74) is 0. The van der Waals surface area contributed by atoms with E-state index in [2.05, 4.69) is 38.2 Å². The standard InChI is InChI=1S/C81H158NO8P/c1-6-8-10-12-14-16-18-20-22-24-26-28-30-32-34-36-38-40-41-42-44-46-48-50-52-54-56-58-60-62-64-66-68-70-72-74-81(84)90-79(78-89-91(85,86)88-76-75-82(3,4)5)77-87-80(83)73-71-69-67-65-63-61-59-57-55-53-51-49-47-45-43-39-37-35-33-31-29-27-25-23-21-19-17-15-13-11-9-7-2/h18,20,24,26,79H,6-17,19,21-23,25,27-78H2,1-5H3/p+1/b20-18-,26-24-. The van der Waals surface area contributed by atoms with Crippen LogP contribution < -0.4 is 0 Å². The number of rotatable bonds is 77. The Hall–Kier alpha value is -1.51. The van der Waals surface area contributed by atoms with E-state index in [-0.39, 0.29) is 25.6 Å². The molecule has 9 nitrogen and oxygen atoms in total. The predicted octanol–water partition coefficient (Wildman–Crippen LogP) is 26.8. The molecule has 0 saturated heterocycles. The molecule has 0 spiro atoms. The van der Waals surface area contributed by atoms with Crippen molar-refractivity contribution in [2.75, 3.05) is 47.5 Å². The molecular formula is C81H159NO8P+. The molecule has 0 heterocycles. The summed E-state index contributed by atoms with van der Waals surface area (Å²) >= 11 is 0. The number of allylic oxidation sites excluding steroid dienone is 4. The average Bonchev–Trinajstić information content (AvgIpc) is 3.73. The van der Waals surface area contributed by atoms with Crippen molar-refractivity contribution in [3.8, 4) is 0 Å². The zero-order valence-electron chi connectivity index (χ0n) is 61.9. The fourth-order valence-electron chi connectivity index (χ4n) is 12.5. The fourth-order valence-corrected chi connectivity index (χ4v) is 13.3. The molecule has 10 heteroatoms. The first kappa shape index (κ1) is 89.5. The maximum atomic E-state index is 12.9. The summed E-state index contributed by atoms with van der Waals surface area (Å²) < 4.78 is 34.8. The first-order valence-electron chi connectivity index (χ1n) is 40.6. The van der Waals surface area contributed by atoms with E-state index in [1.54, 1.807) is 0 Å². The van der Waals surface area contributed by atoms with Crippen molar-refractivity contribution in [3.63, 3.8) is 0 Å². The summed E-state index contributed by atoms with van der Waals surface area (Å²) in [4.78, 5) is 36.0. The van der Waals surface area contributed by atoms with Crippen molar-refractivity contribution >= 4 is 19.8 Å². The fraction of sp³-hybridized carbons (Fsp3) is 0.926. The van der Waals surface area contributed by atoms with E-state index in [1.807, 2.05) is 21.1 Å². The molecule has 0 aliphatic heterocycles. The molecule has 0 aromatic rings. The average molecular weight is 1310 g/mol. The Labute approximate surface area is 568 Å². The lowest BCUT2D eigenvalue weighted by Crippen LogP contribution is -2.37. The maximum absolute atomic E-state index is 12.9. The van der Waals surface area contributed by atoms with E-state index in [1.165, 1.54) is 360 Å². The van der Waals surface area contributed by atoms with E-state index in [0.717, 1.165) is 44.9 Å². The molecule has 1 N–H and O–H groups in total. The van der Waals surface area contributed by atoms with Gasteiger partial charge >= 0.3 is 19.8 Å². The third-order valence-corrected chi connectivity index (χ3v) is 19.7. The summed E-state index contributed by atoms with van der Waals surface area (Å²) in [6, 6.07) is 0. The highest BCUT2D eigenvalue weighted by Crippen LogP contribution is 2.43. The smallest absolute Gasteiger partial charge is 0.462 e. The molecular weight excluding hydrogens is 1150 g/mol. The first-order chi connectivity index (χ1) is 44.5. The molecule has 540 valence electrons. The van der Waals surface area contributed by atoms with Crippen LogP contribution in [0.4, 0.5) is 0 Å². The second kappa shape index (κ2) is 72.8. The van der Waals surface area contributed by atoms with Crippen molar-refractivity contribution in [3.05, 3.63) is 24.3 Å². The number of likely N-dealkylation sites (N-methyl/N-ethyl adjacent to an activating group) is 1. The van der Waals surface area contributed by atoms with Gasteiger partial charge in [0.2, 0.25) is 0 Å². The molecule has 0 saturated carbocycles. The van der Waals surface area contributed by atoms with Crippen LogP contribution in [0.1, 0.15) is 431 Å². The molecule has 2 atom stereocenters. The number of hydrogen-bond donors (Lipinski definition) is 1. The Morgan fingerprint density at radius 1 is 0.341 bits per heavy atom. The lowest BCUT2D eigenvalue weighted by atomic mass is 10.0.